The third kappa shape index (κ3) is 5.16. The van der Waals surface area contributed by atoms with E-state index in [4.69, 9.17) is 4.74 Å². The van der Waals surface area contributed by atoms with Gasteiger partial charge in [0.15, 0.2) is 0 Å². The summed E-state index contributed by atoms with van der Waals surface area (Å²) in [6.07, 6.45) is 11.5. The van der Waals surface area contributed by atoms with Crippen LogP contribution >= 0.6 is 0 Å². The van der Waals surface area contributed by atoms with Crippen molar-refractivity contribution in [3.63, 3.8) is 0 Å². The van der Waals surface area contributed by atoms with Crippen molar-refractivity contribution in [2.75, 3.05) is 20.2 Å². The van der Waals surface area contributed by atoms with Gasteiger partial charge in [0.1, 0.15) is 22.9 Å². The molecular formula is C26H31N7O4S. The van der Waals surface area contributed by atoms with Crippen LogP contribution in [0.2, 0.25) is 0 Å². The van der Waals surface area contributed by atoms with E-state index in [2.05, 4.69) is 27.6 Å². The Morgan fingerprint density at radius 1 is 1.13 bits per heavy atom. The summed E-state index contributed by atoms with van der Waals surface area (Å²) in [7, 11) is -1.88. The van der Waals surface area contributed by atoms with Gasteiger partial charge in [0, 0.05) is 54.0 Å². The van der Waals surface area contributed by atoms with Crippen LogP contribution in [0.1, 0.15) is 50.1 Å². The van der Waals surface area contributed by atoms with Gasteiger partial charge in [0.05, 0.1) is 25.5 Å². The number of pyridine rings is 1. The van der Waals surface area contributed by atoms with E-state index < -0.39 is 10.0 Å². The number of rotatable bonds is 7. The molecule has 12 heteroatoms. The highest BCUT2D eigenvalue weighted by atomic mass is 32.2. The molecule has 0 bridgehead atoms. The zero-order valence-electron chi connectivity index (χ0n) is 21.3. The smallest absolute Gasteiger partial charge is 0.233 e. The largest absolute Gasteiger partial charge is 0.494 e. The maximum absolute atomic E-state index is 13.1. The average Bonchev–Trinajstić information content (AvgIpc) is 3.60. The Morgan fingerprint density at radius 2 is 1.87 bits per heavy atom. The fourth-order valence-corrected chi connectivity index (χ4v) is 6.31. The number of hydrogen-bond donors (Lipinski definition) is 1. The summed E-state index contributed by atoms with van der Waals surface area (Å²) < 4.78 is 35.2. The molecule has 2 aliphatic rings. The molecule has 1 amide bonds. The number of hydrogen-bond acceptors (Lipinski definition) is 7. The van der Waals surface area contributed by atoms with Crippen LogP contribution in [-0.4, -0.2) is 64.9 Å². The number of aromatic nitrogens is 4. The lowest BCUT2D eigenvalue weighted by molar-refractivity contribution is -0.138. The van der Waals surface area contributed by atoms with Crippen molar-refractivity contribution in [1.82, 2.24) is 29.0 Å². The third-order valence-corrected chi connectivity index (χ3v) is 8.73. The van der Waals surface area contributed by atoms with Gasteiger partial charge < -0.3 is 9.64 Å². The van der Waals surface area contributed by atoms with Crippen LogP contribution in [0, 0.1) is 17.2 Å². The number of nitrogens with zero attached hydrogens (tertiary/aromatic N) is 6. The maximum atomic E-state index is 13.1. The highest BCUT2D eigenvalue weighted by molar-refractivity contribution is 7.92. The molecule has 5 rings (SSSR count). The lowest BCUT2D eigenvalue weighted by Gasteiger charge is -2.36. The van der Waals surface area contributed by atoms with E-state index in [-0.39, 0.29) is 23.9 Å². The summed E-state index contributed by atoms with van der Waals surface area (Å²) in [4.78, 5) is 15.1. The first-order valence-corrected chi connectivity index (χ1v) is 14.3. The molecule has 200 valence electrons. The predicted octanol–water partition coefficient (Wildman–Crippen LogP) is 2.86. The van der Waals surface area contributed by atoms with Crippen LogP contribution in [-0.2, 0) is 14.8 Å². The summed E-state index contributed by atoms with van der Waals surface area (Å²) in [5.74, 6) is 0.690. The molecule has 3 aromatic rings. The molecule has 1 saturated heterocycles. The van der Waals surface area contributed by atoms with Gasteiger partial charge in [0.2, 0.25) is 15.9 Å². The number of ether oxygens (including phenoxy) is 1. The van der Waals surface area contributed by atoms with Crippen LogP contribution in [0.15, 0.2) is 42.8 Å². The van der Waals surface area contributed by atoms with Gasteiger partial charge in [-0.15, -0.1) is 0 Å². The van der Waals surface area contributed by atoms with Crippen molar-refractivity contribution in [1.29, 1.82) is 5.26 Å². The molecule has 0 atom stereocenters. The number of carbonyl (C=O) groups is 1. The first-order valence-electron chi connectivity index (χ1n) is 12.8. The second-order valence-electron chi connectivity index (χ2n) is 9.90. The summed E-state index contributed by atoms with van der Waals surface area (Å²) in [6, 6.07) is 4.08. The second kappa shape index (κ2) is 10.6. The number of sulfonamides is 1. The standard InChI is InChI=1S/C26H31N7O4S/c1-3-38(35,36)30-22-6-4-18(5-7-22)26(34)31-10-8-23(9-11-31)32-17-21(15-28-32)19-12-24(37-2)25-20(13-27)14-29-33(25)16-19/h3,12,14-18,22-23,30H,1,4-11H2,2H3. The second-order valence-corrected chi connectivity index (χ2v) is 11.6. The summed E-state index contributed by atoms with van der Waals surface area (Å²) >= 11 is 0. The molecule has 38 heavy (non-hydrogen) atoms. The van der Waals surface area contributed by atoms with Gasteiger partial charge in [-0.1, -0.05) is 6.58 Å². The number of carbonyl (C=O) groups excluding carboxylic acids is 1. The van der Waals surface area contributed by atoms with Crippen molar-refractivity contribution in [2.45, 2.75) is 50.6 Å². The van der Waals surface area contributed by atoms with E-state index >= 15 is 0 Å². The lowest BCUT2D eigenvalue weighted by atomic mass is 9.85. The number of likely N-dealkylation sites (tertiary alicyclic amines) is 1. The topological polar surface area (TPSA) is 135 Å². The summed E-state index contributed by atoms with van der Waals surface area (Å²) in [5, 5.41) is 19.2. The molecule has 1 aliphatic carbocycles. The number of amides is 1. The number of nitriles is 1. The van der Waals surface area contributed by atoms with E-state index in [0.29, 0.717) is 55.6 Å². The Hall–Kier alpha value is -3.69. The zero-order valence-corrected chi connectivity index (χ0v) is 22.1. The monoisotopic (exact) mass is 537 g/mol. The molecule has 0 radical (unpaired) electrons. The Balaban J connectivity index is 1.19. The van der Waals surface area contributed by atoms with Crippen molar-refractivity contribution in [3.05, 3.63) is 48.4 Å². The average molecular weight is 538 g/mol. The third-order valence-electron chi connectivity index (χ3n) is 7.63. The van der Waals surface area contributed by atoms with E-state index in [1.807, 2.05) is 34.2 Å². The fourth-order valence-electron chi connectivity index (χ4n) is 5.51. The summed E-state index contributed by atoms with van der Waals surface area (Å²) in [5.41, 5.74) is 2.89. The summed E-state index contributed by atoms with van der Waals surface area (Å²) in [6.45, 7) is 4.68. The Morgan fingerprint density at radius 3 is 2.53 bits per heavy atom. The minimum Gasteiger partial charge on any atom is -0.494 e. The molecule has 2 fully saturated rings. The van der Waals surface area contributed by atoms with E-state index in [1.54, 1.807) is 11.6 Å². The zero-order chi connectivity index (χ0) is 26.9. The molecule has 0 unspecified atom stereocenters. The lowest BCUT2D eigenvalue weighted by Crippen LogP contribution is -2.44. The predicted molar refractivity (Wildman–Crippen MR) is 141 cm³/mol. The van der Waals surface area contributed by atoms with Crippen LogP contribution in [0.4, 0.5) is 0 Å². The quantitative estimate of drug-likeness (QED) is 0.490. The molecule has 11 nitrogen and oxygen atoms in total. The first-order chi connectivity index (χ1) is 18.3. The van der Waals surface area contributed by atoms with Gasteiger partial charge in [0.25, 0.3) is 0 Å². The molecule has 3 aromatic heterocycles. The van der Waals surface area contributed by atoms with E-state index in [9.17, 15) is 18.5 Å². The molecular weight excluding hydrogens is 506 g/mol. The Kier molecular flexibility index (Phi) is 7.23. The first kappa shape index (κ1) is 25.9. The molecule has 4 heterocycles. The number of fused-ring (bicyclic) bond motifs is 1. The van der Waals surface area contributed by atoms with Crippen LogP contribution < -0.4 is 9.46 Å². The molecule has 1 N–H and O–H groups in total. The SMILES string of the molecule is C=CS(=O)(=O)NC1CCC(C(=O)N2CCC(n3cc(-c4cc(OC)c5c(C#N)cnn5c4)cn3)CC2)CC1. The Labute approximate surface area is 221 Å². The van der Waals surface area contributed by atoms with Gasteiger partial charge in [-0.2, -0.15) is 15.5 Å². The van der Waals surface area contributed by atoms with Crippen LogP contribution in [0.3, 0.4) is 0 Å². The van der Waals surface area contributed by atoms with Crippen LogP contribution in [0.5, 0.6) is 5.75 Å². The minimum absolute atomic E-state index is 0.0546. The normalized spacial score (nSPS) is 20.8. The molecule has 0 spiro atoms. The van der Waals surface area contributed by atoms with Crippen molar-refractivity contribution in [3.8, 4) is 22.9 Å². The van der Waals surface area contributed by atoms with Crippen molar-refractivity contribution in [2.24, 2.45) is 5.92 Å². The number of nitrogens with one attached hydrogen (secondary N) is 1. The molecule has 1 aliphatic heterocycles. The van der Waals surface area contributed by atoms with Gasteiger partial charge >= 0.3 is 0 Å². The minimum atomic E-state index is -3.45. The highest BCUT2D eigenvalue weighted by Gasteiger charge is 2.33. The van der Waals surface area contributed by atoms with Crippen LogP contribution in [0.25, 0.3) is 16.6 Å². The number of piperidine rings is 1. The van der Waals surface area contributed by atoms with Gasteiger partial charge in [-0.25, -0.2) is 17.7 Å². The maximum Gasteiger partial charge on any atom is 0.233 e. The van der Waals surface area contributed by atoms with Gasteiger partial charge in [-0.05, 0) is 44.6 Å². The fraction of sp³-hybridized carbons (Fsp3) is 0.462. The molecule has 0 aromatic carbocycles. The van der Waals surface area contributed by atoms with E-state index in [0.717, 1.165) is 29.4 Å². The van der Waals surface area contributed by atoms with E-state index in [1.165, 1.54) is 6.20 Å². The highest BCUT2D eigenvalue weighted by Crippen LogP contribution is 2.32. The number of methoxy groups -OCH3 is 1. The molecule has 1 saturated carbocycles. The van der Waals surface area contributed by atoms with Gasteiger partial charge in [-0.3, -0.25) is 9.48 Å². The Bertz CT molecular complexity index is 1490. The van der Waals surface area contributed by atoms with Crippen molar-refractivity contribution < 1.29 is 17.9 Å². The van der Waals surface area contributed by atoms with Crippen molar-refractivity contribution >= 4 is 21.4 Å².